The zero-order valence-electron chi connectivity index (χ0n) is 12.9. The summed E-state index contributed by atoms with van der Waals surface area (Å²) in [6.07, 6.45) is 2.38. The molecule has 0 atom stereocenters. The van der Waals surface area contributed by atoms with Gasteiger partial charge in [-0.3, -0.25) is 4.79 Å². The van der Waals surface area contributed by atoms with Gasteiger partial charge in [0.15, 0.2) is 5.65 Å². The summed E-state index contributed by atoms with van der Waals surface area (Å²) in [5.74, 6) is 1.59. The van der Waals surface area contributed by atoms with Crippen LogP contribution in [-0.4, -0.2) is 51.6 Å². The summed E-state index contributed by atoms with van der Waals surface area (Å²) < 4.78 is 2.63. The second-order valence-electron chi connectivity index (χ2n) is 6.01. The van der Waals surface area contributed by atoms with E-state index in [1.807, 2.05) is 17.0 Å². The molecule has 22 heavy (non-hydrogen) atoms. The van der Waals surface area contributed by atoms with Crippen molar-refractivity contribution < 1.29 is 4.79 Å². The van der Waals surface area contributed by atoms with Gasteiger partial charge < -0.3 is 9.80 Å². The van der Waals surface area contributed by atoms with E-state index in [-0.39, 0.29) is 5.91 Å². The first-order chi connectivity index (χ1) is 10.5. The van der Waals surface area contributed by atoms with Gasteiger partial charge in [0.2, 0.25) is 5.91 Å². The molecular weight excluding hydrogens is 346 g/mol. The summed E-state index contributed by atoms with van der Waals surface area (Å²) in [6.45, 7) is 7.31. The third-order valence-electron chi connectivity index (χ3n) is 3.85. The molecular formula is C15H20BrN5O. The van der Waals surface area contributed by atoms with Crippen LogP contribution in [0.3, 0.4) is 0 Å². The van der Waals surface area contributed by atoms with E-state index in [9.17, 15) is 4.79 Å². The van der Waals surface area contributed by atoms with Crippen molar-refractivity contribution in [2.75, 3.05) is 31.1 Å². The number of carbonyl (C=O) groups excluding carboxylic acids is 1. The topological polar surface area (TPSA) is 53.7 Å². The van der Waals surface area contributed by atoms with Crippen LogP contribution in [0, 0.1) is 5.92 Å². The fourth-order valence-electron chi connectivity index (χ4n) is 2.67. The highest BCUT2D eigenvalue weighted by atomic mass is 79.9. The van der Waals surface area contributed by atoms with Crippen LogP contribution in [0.15, 0.2) is 22.9 Å². The average molecular weight is 366 g/mol. The number of fused-ring (bicyclic) bond motifs is 1. The van der Waals surface area contributed by atoms with E-state index in [1.165, 1.54) is 0 Å². The molecule has 1 fully saturated rings. The van der Waals surface area contributed by atoms with E-state index in [4.69, 9.17) is 0 Å². The van der Waals surface area contributed by atoms with E-state index >= 15 is 0 Å². The van der Waals surface area contributed by atoms with Crippen LogP contribution in [0.5, 0.6) is 0 Å². The van der Waals surface area contributed by atoms with E-state index in [0.717, 1.165) is 42.2 Å². The van der Waals surface area contributed by atoms with Gasteiger partial charge in [-0.25, -0.2) is 9.50 Å². The molecule has 1 amide bonds. The number of nitrogens with zero attached hydrogens (tertiary/aromatic N) is 5. The Morgan fingerprint density at radius 2 is 2.00 bits per heavy atom. The predicted octanol–water partition coefficient (Wildman–Crippen LogP) is 2.19. The van der Waals surface area contributed by atoms with E-state index in [0.29, 0.717) is 12.3 Å². The summed E-state index contributed by atoms with van der Waals surface area (Å²) in [5.41, 5.74) is 0.821. The first-order valence-corrected chi connectivity index (χ1v) is 8.37. The number of carbonyl (C=O) groups is 1. The van der Waals surface area contributed by atoms with Crippen molar-refractivity contribution in [2.45, 2.75) is 20.3 Å². The summed E-state index contributed by atoms with van der Waals surface area (Å²) in [6, 6.07) is 3.95. The highest BCUT2D eigenvalue weighted by molar-refractivity contribution is 9.10. The van der Waals surface area contributed by atoms with Crippen LogP contribution in [0.4, 0.5) is 5.82 Å². The predicted molar refractivity (Wildman–Crippen MR) is 88.9 cm³/mol. The van der Waals surface area contributed by atoms with Gasteiger partial charge in [0.05, 0.1) is 6.20 Å². The van der Waals surface area contributed by atoms with Crippen LogP contribution in [0.2, 0.25) is 0 Å². The molecule has 2 aromatic rings. The Bertz CT molecular complexity index is 676. The molecule has 7 heteroatoms. The lowest BCUT2D eigenvalue weighted by atomic mass is 10.1. The van der Waals surface area contributed by atoms with E-state index < -0.39 is 0 Å². The SMILES string of the molecule is CC(C)CC(=O)N1CCN(c2ccc3ncc(Br)n3n2)CC1. The average Bonchev–Trinajstić information content (AvgIpc) is 2.88. The number of halogens is 1. The van der Waals surface area contributed by atoms with Crippen LogP contribution in [0.25, 0.3) is 5.65 Å². The zero-order chi connectivity index (χ0) is 15.7. The van der Waals surface area contributed by atoms with Gasteiger partial charge in [-0.2, -0.15) is 0 Å². The third kappa shape index (κ3) is 3.09. The van der Waals surface area contributed by atoms with E-state index in [1.54, 1.807) is 10.7 Å². The smallest absolute Gasteiger partial charge is 0.222 e. The molecule has 0 aromatic carbocycles. The van der Waals surface area contributed by atoms with Crippen molar-refractivity contribution >= 4 is 33.3 Å². The molecule has 6 nitrogen and oxygen atoms in total. The monoisotopic (exact) mass is 365 g/mol. The van der Waals surface area contributed by atoms with Crippen molar-refractivity contribution in [3.8, 4) is 0 Å². The van der Waals surface area contributed by atoms with Crippen molar-refractivity contribution in [1.82, 2.24) is 19.5 Å². The third-order valence-corrected chi connectivity index (χ3v) is 4.39. The lowest BCUT2D eigenvalue weighted by Crippen LogP contribution is -2.49. The van der Waals surface area contributed by atoms with Crippen molar-refractivity contribution in [1.29, 1.82) is 0 Å². The number of hydrogen-bond donors (Lipinski definition) is 0. The molecule has 3 rings (SSSR count). The number of anilines is 1. The molecule has 0 unspecified atom stereocenters. The molecule has 0 aliphatic carbocycles. The molecule has 0 saturated carbocycles. The van der Waals surface area contributed by atoms with Gasteiger partial charge in [-0.05, 0) is 34.0 Å². The molecule has 1 aliphatic rings. The fourth-order valence-corrected chi connectivity index (χ4v) is 3.03. The second-order valence-corrected chi connectivity index (χ2v) is 6.82. The minimum absolute atomic E-state index is 0.260. The fraction of sp³-hybridized carbons (Fsp3) is 0.533. The minimum Gasteiger partial charge on any atom is -0.352 e. The quantitative estimate of drug-likeness (QED) is 0.836. The highest BCUT2D eigenvalue weighted by Crippen LogP contribution is 2.18. The van der Waals surface area contributed by atoms with Gasteiger partial charge in [-0.1, -0.05) is 13.8 Å². The Morgan fingerprint density at radius 3 is 2.68 bits per heavy atom. The first-order valence-electron chi connectivity index (χ1n) is 7.57. The molecule has 118 valence electrons. The van der Waals surface area contributed by atoms with Gasteiger partial charge in [0.1, 0.15) is 10.4 Å². The maximum atomic E-state index is 12.1. The molecule has 0 spiro atoms. The molecule has 0 N–H and O–H groups in total. The lowest BCUT2D eigenvalue weighted by Gasteiger charge is -2.35. The van der Waals surface area contributed by atoms with Gasteiger partial charge >= 0.3 is 0 Å². The number of rotatable bonds is 3. The van der Waals surface area contributed by atoms with Gasteiger partial charge in [-0.15, -0.1) is 5.10 Å². The molecule has 1 aliphatic heterocycles. The zero-order valence-corrected chi connectivity index (χ0v) is 14.5. The number of piperazine rings is 1. The van der Waals surface area contributed by atoms with Crippen LogP contribution in [0.1, 0.15) is 20.3 Å². The Morgan fingerprint density at radius 1 is 1.27 bits per heavy atom. The molecule has 3 heterocycles. The summed E-state index contributed by atoms with van der Waals surface area (Å²) in [7, 11) is 0. The Balaban J connectivity index is 1.67. The van der Waals surface area contributed by atoms with Crippen LogP contribution >= 0.6 is 15.9 Å². The maximum absolute atomic E-state index is 12.1. The number of amides is 1. The van der Waals surface area contributed by atoms with Crippen LogP contribution in [-0.2, 0) is 4.79 Å². The number of hydrogen-bond acceptors (Lipinski definition) is 4. The molecule has 0 bridgehead atoms. The summed E-state index contributed by atoms with van der Waals surface area (Å²) in [5, 5.41) is 4.61. The molecule has 1 saturated heterocycles. The van der Waals surface area contributed by atoms with Crippen molar-refractivity contribution in [2.24, 2.45) is 5.92 Å². The molecule has 2 aromatic heterocycles. The second kappa shape index (κ2) is 6.24. The highest BCUT2D eigenvalue weighted by Gasteiger charge is 2.22. The number of aromatic nitrogens is 3. The van der Waals surface area contributed by atoms with Crippen molar-refractivity contribution in [3.05, 3.63) is 22.9 Å². The Labute approximate surface area is 138 Å². The lowest BCUT2D eigenvalue weighted by molar-refractivity contribution is -0.132. The summed E-state index contributed by atoms with van der Waals surface area (Å²) >= 11 is 3.44. The minimum atomic E-state index is 0.260. The molecule has 0 radical (unpaired) electrons. The van der Waals surface area contributed by atoms with Crippen LogP contribution < -0.4 is 4.90 Å². The maximum Gasteiger partial charge on any atom is 0.222 e. The number of imidazole rings is 1. The van der Waals surface area contributed by atoms with E-state index in [2.05, 4.69) is 44.8 Å². The Hall–Kier alpha value is -1.63. The summed E-state index contributed by atoms with van der Waals surface area (Å²) in [4.78, 5) is 20.5. The normalized spacial score (nSPS) is 15.8. The Kier molecular flexibility index (Phi) is 4.33. The van der Waals surface area contributed by atoms with Gasteiger partial charge in [0, 0.05) is 32.6 Å². The largest absolute Gasteiger partial charge is 0.352 e. The standard InChI is InChI=1S/C15H20BrN5O/c1-11(2)9-15(22)20-7-5-19(6-8-20)14-4-3-13-17-10-12(16)21(13)18-14/h3-4,10-11H,5-9H2,1-2H3. The van der Waals surface area contributed by atoms with Gasteiger partial charge in [0.25, 0.3) is 0 Å². The first kappa shape index (κ1) is 15.3. The van der Waals surface area contributed by atoms with Crippen molar-refractivity contribution in [3.63, 3.8) is 0 Å².